The summed E-state index contributed by atoms with van der Waals surface area (Å²) in [7, 11) is 0. The molecule has 0 aromatic heterocycles. The predicted octanol–water partition coefficient (Wildman–Crippen LogP) is 2.21. The van der Waals surface area contributed by atoms with Crippen LogP contribution in [-0.2, 0) is 9.59 Å². The molecule has 120 valence electrons. The molecule has 1 aromatic rings. The Morgan fingerprint density at radius 2 is 2.05 bits per heavy atom. The molecule has 0 spiro atoms. The lowest BCUT2D eigenvalue weighted by molar-refractivity contribution is -0.126. The van der Waals surface area contributed by atoms with E-state index >= 15 is 0 Å². The SMILES string of the molecule is CCOc1ccc(N2C[C@H](C(=O)NCC(C)C)CC2=O)cc1. The Balaban J connectivity index is 1.98. The molecule has 1 saturated heterocycles. The third-order valence-electron chi connectivity index (χ3n) is 3.64. The number of carbonyl (C=O) groups excluding carboxylic acids is 2. The fraction of sp³-hybridized carbons (Fsp3) is 0.529. The molecule has 1 N–H and O–H groups in total. The van der Waals surface area contributed by atoms with Crippen molar-refractivity contribution in [3.63, 3.8) is 0 Å². The molecule has 0 saturated carbocycles. The van der Waals surface area contributed by atoms with Gasteiger partial charge in [-0.1, -0.05) is 13.8 Å². The van der Waals surface area contributed by atoms with Gasteiger partial charge in [-0.25, -0.2) is 0 Å². The molecular formula is C17H24N2O3. The van der Waals surface area contributed by atoms with Crippen LogP contribution >= 0.6 is 0 Å². The highest BCUT2D eigenvalue weighted by Crippen LogP contribution is 2.27. The fourth-order valence-corrected chi connectivity index (χ4v) is 2.47. The van der Waals surface area contributed by atoms with E-state index in [4.69, 9.17) is 4.74 Å². The third-order valence-corrected chi connectivity index (χ3v) is 3.64. The minimum atomic E-state index is -0.266. The van der Waals surface area contributed by atoms with Crippen molar-refractivity contribution < 1.29 is 14.3 Å². The van der Waals surface area contributed by atoms with Crippen LogP contribution in [-0.4, -0.2) is 31.5 Å². The first kappa shape index (κ1) is 16.3. The van der Waals surface area contributed by atoms with Crippen LogP contribution in [0.1, 0.15) is 27.2 Å². The highest BCUT2D eigenvalue weighted by molar-refractivity contribution is 6.00. The maximum atomic E-state index is 12.2. The molecule has 1 atom stereocenters. The average molecular weight is 304 g/mol. The molecule has 1 aliphatic heterocycles. The van der Waals surface area contributed by atoms with Crippen molar-refractivity contribution in [3.05, 3.63) is 24.3 Å². The highest BCUT2D eigenvalue weighted by Gasteiger charge is 2.34. The van der Waals surface area contributed by atoms with Crippen LogP contribution in [0.15, 0.2) is 24.3 Å². The number of carbonyl (C=O) groups is 2. The molecule has 0 bridgehead atoms. The summed E-state index contributed by atoms with van der Waals surface area (Å²) in [5.41, 5.74) is 0.813. The third kappa shape index (κ3) is 4.00. The molecule has 1 heterocycles. The van der Waals surface area contributed by atoms with E-state index in [9.17, 15) is 9.59 Å². The van der Waals surface area contributed by atoms with Gasteiger partial charge in [-0.15, -0.1) is 0 Å². The number of nitrogens with zero attached hydrogens (tertiary/aromatic N) is 1. The van der Waals surface area contributed by atoms with Crippen molar-refractivity contribution in [2.75, 3.05) is 24.6 Å². The largest absolute Gasteiger partial charge is 0.494 e. The second kappa shape index (κ2) is 7.29. The molecular weight excluding hydrogens is 280 g/mol. The molecule has 22 heavy (non-hydrogen) atoms. The van der Waals surface area contributed by atoms with Crippen LogP contribution in [0.4, 0.5) is 5.69 Å². The second-order valence-electron chi connectivity index (χ2n) is 5.97. The summed E-state index contributed by atoms with van der Waals surface area (Å²) in [5.74, 6) is 0.884. The first-order chi connectivity index (χ1) is 10.5. The summed E-state index contributed by atoms with van der Waals surface area (Å²) in [5, 5.41) is 2.90. The van der Waals surface area contributed by atoms with Gasteiger partial charge in [0.2, 0.25) is 11.8 Å². The van der Waals surface area contributed by atoms with E-state index in [0.717, 1.165) is 11.4 Å². The topological polar surface area (TPSA) is 58.6 Å². The van der Waals surface area contributed by atoms with Gasteiger partial charge in [-0.2, -0.15) is 0 Å². The zero-order chi connectivity index (χ0) is 16.1. The number of hydrogen-bond donors (Lipinski definition) is 1. The summed E-state index contributed by atoms with van der Waals surface area (Å²) in [6.07, 6.45) is 0.275. The minimum absolute atomic E-state index is 0.00569. The quantitative estimate of drug-likeness (QED) is 0.876. The van der Waals surface area contributed by atoms with Gasteiger partial charge < -0.3 is 15.0 Å². The first-order valence-electron chi connectivity index (χ1n) is 7.82. The Morgan fingerprint density at radius 1 is 1.36 bits per heavy atom. The van der Waals surface area contributed by atoms with Crippen molar-refractivity contribution in [2.45, 2.75) is 27.2 Å². The molecule has 5 nitrogen and oxygen atoms in total. The van der Waals surface area contributed by atoms with Crippen LogP contribution in [0.3, 0.4) is 0 Å². The van der Waals surface area contributed by atoms with Crippen LogP contribution < -0.4 is 15.0 Å². The lowest BCUT2D eigenvalue weighted by atomic mass is 10.1. The predicted molar refractivity (Wildman–Crippen MR) is 85.9 cm³/mol. The molecule has 0 unspecified atom stereocenters. The van der Waals surface area contributed by atoms with Gasteiger partial charge in [-0.05, 0) is 37.1 Å². The van der Waals surface area contributed by atoms with Gasteiger partial charge in [0.1, 0.15) is 5.75 Å². The zero-order valence-electron chi connectivity index (χ0n) is 13.5. The highest BCUT2D eigenvalue weighted by atomic mass is 16.5. The Labute approximate surface area is 131 Å². The zero-order valence-corrected chi connectivity index (χ0v) is 13.5. The van der Waals surface area contributed by atoms with Crippen molar-refractivity contribution in [3.8, 4) is 5.75 Å². The van der Waals surface area contributed by atoms with Crippen molar-refractivity contribution in [2.24, 2.45) is 11.8 Å². The van der Waals surface area contributed by atoms with Crippen LogP contribution in [0.5, 0.6) is 5.75 Å². The minimum Gasteiger partial charge on any atom is -0.494 e. The Bertz CT molecular complexity index is 525. The van der Waals surface area contributed by atoms with Crippen molar-refractivity contribution in [1.82, 2.24) is 5.32 Å². The molecule has 1 aliphatic rings. The molecule has 2 amide bonds. The van der Waals surface area contributed by atoms with Gasteiger partial charge >= 0.3 is 0 Å². The van der Waals surface area contributed by atoms with E-state index in [2.05, 4.69) is 5.32 Å². The maximum Gasteiger partial charge on any atom is 0.227 e. The lowest BCUT2D eigenvalue weighted by Crippen LogP contribution is -2.34. The van der Waals surface area contributed by atoms with Gasteiger partial charge in [0, 0.05) is 25.2 Å². The molecule has 1 aromatic carbocycles. The Hall–Kier alpha value is -2.04. The Morgan fingerprint density at radius 3 is 2.64 bits per heavy atom. The van der Waals surface area contributed by atoms with E-state index in [-0.39, 0.29) is 24.2 Å². The van der Waals surface area contributed by atoms with Crippen molar-refractivity contribution in [1.29, 1.82) is 0 Å². The first-order valence-corrected chi connectivity index (χ1v) is 7.82. The molecule has 0 radical (unpaired) electrons. The number of benzene rings is 1. The van der Waals surface area contributed by atoms with E-state index in [0.29, 0.717) is 25.6 Å². The van der Waals surface area contributed by atoms with E-state index in [1.807, 2.05) is 45.0 Å². The van der Waals surface area contributed by atoms with E-state index < -0.39 is 0 Å². The average Bonchev–Trinajstić information content (AvgIpc) is 2.88. The standard InChI is InChI=1S/C17H24N2O3/c1-4-22-15-7-5-14(6-8-15)19-11-13(9-16(19)20)17(21)18-10-12(2)3/h5-8,12-13H,4,9-11H2,1-3H3,(H,18,21)/t13-/m1/s1. The van der Waals surface area contributed by atoms with E-state index in [1.165, 1.54) is 0 Å². The summed E-state index contributed by atoms with van der Waals surface area (Å²) >= 11 is 0. The number of ether oxygens (including phenoxy) is 1. The van der Waals surface area contributed by atoms with Gasteiger partial charge in [0.05, 0.1) is 12.5 Å². The summed E-state index contributed by atoms with van der Waals surface area (Å²) in [4.78, 5) is 25.9. The summed E-state index contributed by atoms with van der Waals surface area (Å²) in [6, 6.07) is 7.41. The summed E-state index contributed by atoms with van der Waals surface area (Å²) in [6.45, 7) is 7.72. The summed E-state index contributed by atoms with van der Waals surface area (Å²) < 4.78 is 5.40. The van der Waals surface area contributed by atoms with Gasteiger partial charge in [-0.3, -0.25) is 9.59 Å². The molecule has 2 rings (SSSR count). The number of nitrogens with one attached hydrogen (secondary N) is 1. The molecule has 5 heteroatoms. The molecule has 1 fully saturated rings. The van der Waals surface area contributed by atoms with E-state index in [1.54, 1.807) is 4.90 Å². The van der Waals surface area contributed by atoms with Gasteiger partial charge in [0.15, 0.2) is 0 Å². The number of anilines is 1. The fourth-order valence-electron chi connectivity index (χ4n) is 2.47. The monoisotopic (exact) mass is 304 g/mol. The van der Waals surface area contributed by atoms with Crippen LogP contribution in [0.25, 0.3) is 0 Å². The number of amides is 2. The van der Waals surface area contributed by atoms with Crippen LogP contribution in [0, 0.1) is 11.8 Å². The smallest absolute Gasteiger partial charge is 0.227 e. The normalized spacial score (nSPS) is 17.9. The number of hydrogen-bond acceptors (Lipinski definition) is 3. The maximum absolute atomic E-state index is 12.2. The lowest BCUT2D eigenvalue weighted by Gasteiger charge is -2.17. The van der Waals surface area contributed by atoms with Crippen molar-refractivity contribution >= 4 is 17.5 Å². The Kier molecular flexibility index (Phi) is 5.41. The second-order valence-corrected chi connectivity index (χ2v) is 5.97. The molecule has 0 aliphatic carbocycles. The van der Waals surface area contributed by atoms with Crippen LogP contribution in [0.2, 0.25) is 0 Å². The number of rotatable bonds is 6. The van der Waals surface area contributed by atoms with Gasteiger partial charge in [0.25, 0.3) is 0 Å².